The highest BCUT2D eigenvalue weighted by molar-refractivity contribution is 5.32. The molecule has 0 amide bonds. The highest BCUT2D eigenvalue weighted by Gasteiger charge is 2.27. The van der Waals surface area contributed by atoms with Crippen molar-refractivity contribution in [1.29, 1.82) is 0 Å². The minimum absolute atomic E-state index is 0.0347. The molecule has 126 valence electrons. The van der Waals surface area contributed by atoms with E-state index in [1.165, 1.54) is 5.56 Å². The maximum Gasteiger partial charge on any atom is 0.0216 e. The maximum atomic E-state index is 5.24. The molecule has 1 heteroatoms. The maximum absolute atomic E-state index is 5.24. The Morgan fingerprint density at radius 3 is 2.25 bits per heavy atom. The van der Waals surface area contributed by atoms with Gasteiger partial charge in [-0.1, -0.05) is 74.5 Å². The molecule has 0 aliphatic rings. The summed E-state index contributed by atoms with van der Waals surface area (Å²) in [6.07, 6.45) is 34.5. The van der Waals surface area contributed by atoms with Crippen LogP contribution in [0.2, 0.25) is 0 Å². The molecule has 0 saturated heterocycles. The van der Waals surface area contributed by atoms with Crippen LogP contribution in [-0.2, 0) is 5.41 Å². The van der Waals surface area contributed by atoms with Crippen LogP contribution in [0.15, 0.2) is 79.2 Å². The van der Waals surface area contributed by atoms with Crippen molar-refractivity contribution in [3.8, 4) is 12.3 Å². The van der Waals surface area contributed by atoms with Gasteiger partial charge in [0.05, 0.1) is 0 Å². The van der Waals surface area contributed by atoms with Crippen LogP contribution in [0.4, 0.5) is 0 Å². The summed E-state index contributed by atoms with van der Waals surface area (Å²) in [5, 5.41) is 0. The Morgan fingerprint density at radius 1 is 1.00 bits per heavy atom. The minimum Gasteiger partial charge on any atom is -0.367 e. The summed E-state index contributed by atoms with van der Waals surface area (Å²) >= 11 is 0. The zero-order valence-corrected chi connectivity index (χ0v) is 14.9. The quantitative estimate of drug-likeness (QED) is 0.297. The van der Waals surface area contributed by atoms with Crippen LogP contribution in [0.5, 0.6) is 0 Å². The molecule has 1 heterocycles. The molecule has 1 nitrogen and oxygen atoms in total. The van der Waals surface area contributed by atoms with Gasteiger partial charge in [-0.2, -0.15) is 0 Å². The molecule has 24 heavy (non-hydrogen) atoms. The number of rotatable bonds is 10. The second-order valence-electron chi connectivity index (χ2n) is 5.69. The molecule has 1 unspecified atom stereocenters. The van der Waals surface area contributed by atoms with Gasteiger partial charge in [0.2, 0.25) is 0 Å². The molecule has 0 bridgehead atoms. The van der Waals surface area contributed by atoms with Crippen molar-refractivity contribution in [1.82, 2.24) is 4.98 Å². The molecule has 0 radical (unpaired) electrons. The summed E-state index contributed by atoms with van der Waals surface area (Å²) in [5.41, 5.74) is 1.27. The van der Waals surface area contributed by atoms with E-state index in [9.17, 15) is 0 Å². The topological polar surface area (TPSA) is 15.8 Å². The van der Waals surface area contributed by atoms with Gasteiger partial charge >= 0.3 is 0 Å². The number of hydrogen-bond donors (Lipinski definition) is 1. The van der Waals surface area contributed by atoms with Crippen molar-refractivity contribution < 1.29 is 0 Å². The average molecular weight is 319 g/mol. The lowest BCUT2D eigenvalue weighted by Crippen LogP contribution is -2.21. The van der Waals surface area contributed by atoms with E-state index < -0.39 is 0 Å². The zero-order valence-electron chi connectivity index (χ0n) is 14.9. The van der Waals surface area contributed by atoms with Crippen molar-refractivity contribution in [2.45, 2.75) is 44.9 Å². The molecule has 0 aromatic carbocycles. The monoisotopic (exact) mass is 319 g/mol. The smallest absolute Gasteiger partial charge is 0.0216 e. The summed E-state index contributed by atoms with van der Waals surface area (Å²) < 4.78 is 0. The van der Waals surface area contributed by atoms with Gasteiger partial charge in [0.1, 0.15) is 0 Å². The third kappa shape index (κ3) is 6.75. The second-order valence-corrected chi connectivity index (χ2v) is 5.69. The molecule has 1 aromatic heterocycles. The summed E-state index contributed by atoms with van der Waals surface area (Å²) in [6.45, 7) is 4.32. The van der Waals surface area contributed by atoms with E-state index in [-0.39, 0.29) is 5.41 Å². The van der Waals surface area contributed by atoms with E-state index >= 15 is 0 Å². The van der Waals surface area contributed by atoms with Gasteiger partial charge in [-0.3, -0.25) is 0 Å². The number of hydrogen-bond acceptors (Lipinski definition) is 0. The van der Waals surface area contributed by atoms with Crippen LogP contribution in [0.1, 0.15) is 45.1 Å². The number of allylic oxidation sites excluding steroid dienone is 10. The van der Waals surface area contributed by atoms with Crippen LogP contribution < -0.4 is 0 Å². The summed E-state index contributed by atoms with van der Waals surface area (Å²) in [6, 6.07) is 2.17. The first kappa shape index (κ1) is 19.6. The molecule has 0 aliphatic carbocycles. The predicted octanol–water partition coefficient (Wildman–Crippen LogP) is 6.27. The normalized spacial score (nSPS) is 15.2. The van der Waals surface area contributed by atoms with Crippen LogP contribution in [-0.4, -0.2) is 4.98 Å². The van der Waals surface area contributed by atoms with E-state index in [1.807, 2.05) is 18.3 Å². The Bertz CT molecular complexity index is 617. The van der Waals surface area contributed by atoms with Crippen molar-refractivity contribution in [3.63, 3.8) is 0 Å². The number of aromatic amines is 1. The Balaban J connectivity index is 3.04. The first-order valence-electron chi connectivity index (χ1n) is 8.69. The minimum atomic E-state index is -0.0347. The Morgan fingerprint density at radius 2 is 1.67 bits per heavy atom. The van der Waals surface area contributed by atoms with Gasteiger partial charge in [-0.15, -0.1) is 6.42 Å². The molecule has 0 aliphatic heterocycles. The van der Waals surface area contributed by atoms with Gasteiger partial charge in [-0.25, -0.2) is 0 Å². The third-order valence-electron chi connectivity index (χ3n) is 3.87. The molecule has 1 N–H and O–H groups in total. The molecule has 1 atom stereocenters. The summed E-state index contributed by atoms with van der Waals surface area (Å²) in [4.78, 5) is 3.20. The van der Waals surface area contributed by atoms with Crippen LogP contribution in [0.25, 0.3) is 0 Å². The standard InChI is InChI=1S/C23H29N/c1-4-7-10-12-14-18-23(17-9-6-3,22-16-20-24-21-22)19-15-13-11-8-5-2/h1,7-17,20-21,24H,5-6,18-19H2,2-3H3/b10-7-,11-8-,14-12-,15-13-,17-9+. The molecule has 1 rings (SSSR count). The second kappa shape index (κ2) is 12.0. The fourth-order valence-electron chi connectivity index (χ4n) is 2.57. The lowest BCUT2D eigenvalue weighted by molar-refractivity contribution is 0.549. The summed E-state index contributed by atoms with van der Waals surface area (Å²) in [5.74, 6) is 2.51. The Hall–Kier alpha value is -2.46. The molecule has 0 spiro atoms. The van der Waals surface area contributed by atoms with E-state index in [4.69, 9.17) is 6.42 Å². The number of H-pyrrole nitrogens is 1. The molecule has 0 saturated carbocycles. The molecular formula is C23H29N. The number of nitrogens with one attached hydrogen (secondary N) is 1. The Labute approximate surface area is 147 Å². The number of terminal acetylenes is 1. The van der Waals surface area contributed by atoms with Crippen LogP contribution in [0.3, 0.4) is 0 Å². The van der Waals surface area contributed by atoms with Gasteiger partial charge in [0.25, 0.3) is 0 Å². The highest BCUT2D eigenvalue weighted by atomic mass is 14.6. The van der Waals surface area contributed by atoms with E-state index in [0.29, 0.717) is 0 Å². The van der Waals surface area contributed by atoms with Gasteiger partial charge < -0.3 is 4.98 Å². The fourth-order valence-corrected chi connectivity index (χ4v) is 2.57. The lowest BCUT2D eigenvalue weighted by Gasteiger charge is -2.28. The Kier molecular flexibility index (Phi) is 9.81. The third-order valence-corrected chi connectivity index (χ3v) is 3.87. The average Bonchev–Trinajstić information content (AvgIpc) is 3.14. The van der Waals surface area contributed by atoms with Crippen molar-refractivity contribution in [2.75, 3.05) is 0 Å². The lowest BCUT2D eigenvalue weighted by atomic mass is 9.75. The van der Waals surface area contributed by atoms with Crippen molar-refractivity contribution in [3.05, 3.63) is 84.8 Å². The fraction of sp³-hybridized carbons (Fsp3) is 0.304. The predicted molar refractivity (Wildman–Crippen MR) is 107 cm³/mol. The van der Waals surface area contributed by atoms with Gasteiger partial charge in [0, 0.05) is 17.8 Å². The van der Waals surface area contributed by atoms with Crippen LogP contribution >= 0.6 is 0 Å². The zero-order chi connectivity index (χ0) is 17.5. The molecular weight excluding hydrogens is 290 g/mol. The highest BCUT2D eigenvalue weighted by Crippen LogP contribution is 2.34. The SMILES string of the molecule is C#C/C=C\C=C/CC(/C=C/CC)(C/C=C\C=C/CC)c1cc[nH]c1. The summed E-state index contributed by atoms with van der Waals surface area (Å²) in [7, 11) is 0. The first-order chi connectivity index (χ1) is 11.8. The van der Waals surface area contributed by atoms with E-state index in [0.717, 1.165) is 25.7 Å². The van der Waals surface area contributed by atoms with Gasteiger partial charge in [0.15, 0.2) is 0 Å². The molecule has 1 aromatic rings. The number of aromatic nitrogens is 1. The van der Waals surface area contributed by atoms with E-state index in [2.05, 4.69) is 79.5 Å². The van der Waals surface area contributed by atoms with Crippen molar-refractivity contribution >= 4 is 0 Å². The van der Waals surface area contributed by atoms with Crippen LogP contribution in [0, 0.1) is 12.3 Å². The van der Waals surface area contributed by atoms with E-state index in [1.54, 1.807) is 6.08 Å². The first-order valence-corrected chi connectivity index (χ1v) is 8.69. The largest absolute Gasteiger partial charge is 0.367 e. The van der Waals surface area contributed by atoms with Crippen molar-refractivity contribution in [2.24, 2.45) is 0 Å². The van der Waals surface area contributed by atoms with Gasteiger partial charge in [-0.05, 0) is 43.4 Å². The molecule has 0 fully saturated rings.